The van der Waals surface area contributed by atoms with Crippen molar-refractivity contribution in [2.45, 2.75) is 16.0 Å². The largest absolute Gasteiger partial charge is 0.478 e. The van der Waals surface area contributed by atoms with Gasteiger partial charge in [0, 0.05) is 9.79 Å². The molecule has 0 unspecified atom stereocenters. The second kappa shape index (κ2) is 5.99. The molecule has 2 aromatic rings. The SMILES string of the molecule is O=C(O)c1cc(Sc2ccccc2Cl)ccc1C(F)(F)F. The topological polar surface area (TPSA) is 37.3 Å². The number of benzene rings is 2. The highest BCUT2D eigenvalue weighted by Gasteiger charge is 2.35. The maximum absolute atomic E-state index is 12.7. The molecule has 0 amide bonds. The quantitative estimate of drug-likeness (QED) is 0.838. The molecule has 0 aliphatic heterocycles. The van der Waals surface area contributed by atoms with Crippen molar-refractivity contribution in [1.29, 1.82) is 0 Å². The average Bonchev–Trinajstić information content (AvgIpc) is 2.40. The summed E-state index contributed by atoms with van der Waals surface area (Å²) in [5.74, 6) is -1.62. The third-order valence-electron chi connectivity index (χ3n) is 2.59. The summed E-state index contributed by atoms with van der Waals surface area (Å²) < 4.78 is 38.2. The Kier molecular flexibility index (Phi) is 4.49. The van der Waals surface area contributed by atoms with Gasteiger partial charge in [-0.3, -0.25) is 0 Å². The summed E-state index contributed by atoms with van der Waals surface area (Å²) in [6, 6.07) is 9.79. The molecule has 0 atom stereocenters. The molecule has 2 rings (SSSR count). The van der Waals surface area contributed by atoms with Crippen molar-refractivity contribution >= 4 is 29.3 Å². The summed E-state index contributed by atoms with van der Waals surface area (Å²) in [6.07, 6.45) is -4.71. The van der Waals surface area contributed by atoms with Crippen molar-refractivity contribution in [3.05, 3.63) is 58.6 Å². The van der Waals surface area contributed by atoms with Crippen molar-refractivity contribution in [1.82, 2.24) is 0 Å². The van der Waals surface area contributed by atoms with Crippen LogP contribution in [0.15, 0.2) is 52.3 Å². The van der Waals surface area contributed by atoms with Crippen molar-refractivity contribution in [2.75, 3.05) is 0 Å². The van der Waals surface area contributed by atoms with E-state index in [-0.39, 0.29) is 0 Å². The molecule has 2 aromatic carbocycles. The van der Waals surface area contributed by atoms with E-state index in [1.807, 2.05) is 0 Å². The molecule has 110 valence electrons. The van der Waals surface area contributed by atoms with Crippen LogP contribution >= 0.6 is 23.4 Å². The van der Waals surface area contributed by atoms with Crippen molar-refractivity contribution in [3.63, 3.8) is 0 Å². The Morgan fingerprint density at radius 3 is 2.38 bits per heavy atom. The van der Waals surface area contributed by atoms with Crippen LogP contribution in [-0.4, -0.2) is 11.1 Å². The molecule has 21 heavy (non-hydrogen) atoms. The molecule has 0 fully saturated rings. The van der Waals surface area contributed by atoms with Gasteiger partial charge in [0.15, 0.2) is 0 Å². The average molecular weight is 333 g/mol. The fourth-order valence-corrected chi connectivity index (χ4v) is 2.80. The Hall–Kier alpha value is -1.66. The van der Waals surface area contributed by atoms with Gasteiger partial charge in [0.25, 0.3) is 0 Å². The molecule has 0 radical (unpaired) electrons. The van der Waals surface area contributed by atoms with E-state index in [4.69, 9.17) is 16.7 Å². The van der Waals surface area contributed by atoms with Gasteiger partial charge >= 0.3 is 12.1 Å². The van der Waals surface area contributed by atoms with E-state index in [1.54, 1.807) is 24.3 Å². The summed E-state index contributed by atoms with van der Waals surface area (Å²) in [4.78, 5) is 12.0. The first kappa shape index (κ1) is 15.7. The van der Waals surface area contributed by atoms with Crippen molar-refractivity contribution < 1.29 is 23.1 Å². The van der Waals surface area contributed by atoms with Crippen molar-refractivity contribution in [2.24, 2.45) is 0 Å². The zero-order chi connectivity index (χ0) is 15.6. The maximum Gasteiger partial charge on any atom is 0.417 e. The van der Waals surface area contributed by atoms with E-state index in [2.05, 4.69) is 0 Å². The minimum Gasteiger partial charge on any atom is -0.478 e. The van der Waals surface area contributed by atoms with Crippen LogP contribution in [0.1, 0.15) is 15.9 Å². The predicted molar refractivity (Wildman–Crippen MR) is 74.0 cm³/mol. The van der Waals surface area contributed by atoms with Crippen LogP contribution in [0.2, 0.25) is 5.02 Å². The lowest BCUT2D eigenvalue weighted by atomic mass is 10.1. The third kappa shape index (κ3) is 3.71. The lowest BCUT2D eigenvalue weighted by Gasteiger charge is -2.12. The number of carbonyl (C=O) groups is 1. The van der Waals surface area contributed by atoms with Crippen LogP contribution in [0, 0.1) is 0 Å². The molecule has 0 aliphatic rings. The van der Waals surface area contributed by atoms with E-state index in [1.165, 1.54) is 6.07 Å². The summed E-state index contributed by atoms with van der Waals surface area (Å²) in [6.45, 7) is 0. The molecule has 0 saturated carbocycles. The molecule has 0 aromatic heterocycles. The highest BCUT2D eigenvalue weighted by molar-refractivity contribution is 7.99. The molecular formula is C14H8ClF3O2S. The number of alkyl halides is 3. The zero-order valence-electron chi connectivity index (χ0n) is 10.3. The standard InChI is InChI=1S/C14H8ClF3O2S/c15-11-3-1-2-4-12(11)21-8-5-6-10(14(16,17)18)9(7-8)13(19)20/h1-7H,(H,19,20). The number of carboxylic acids is 1. The van der Waals surface area contributed by atoms with Gasteiger partial charge in [-0.05, 0) is 30.3 Å². The van der Waals surface area contributed by atoms with Crippen LogP contribution < -0.4 is 0 Å². The molecule has 0 aliphatic carbocycles. The molecule has 2 nitrogen and oxygen atoms in total. The van der Waals surface area contributed by atoms with Crippen LogP contribution in [-0.2, 0) is 6.18 Å². The van der Waals surface area contributed by atoms with Crippen LogP contribution in [0.3, 0.4) is 0 Å². The molecular weight excluding hydrogens is 325 g/mol. The number of carboxylic acid groups (broad SMARTS) is 1. The monoisotopic (exact) mass is 332 g/mol. The van der Waals surface area contributed by atoms with Gasteiger partial charge in [-0.1, -0.05) is 35.5 Å². The number of halogens is 4. The smallest absolute Gasteiger partial charge is 0.417 e. The predicted octanol–water partition coefficient (Wildman–Crippen LogP) is 5.21. The van der Waals surface area contributed by atoms with Gasteiger partial charge in [0.1, 0.15) is 0 Å². The van der Waals surface area contributed by atoms with Gasteiger partial charge in [-0.15, -0.1) is 0 Å². The third-order valence-corrected chi connectivity index (χ3v) is 4.10. The van der Waals surface area contributed by atoms with Crippen LogP contribution in [0.25, 0.3) is 0 Å². The Morgan fingerprint density at radius 1 is 1.14 bits per heavy atom. The molecule has 0 saturated heterocycles. The summed E-state index contributed by atoms with van der Waals surface area (Å²) in [5, 5.41) is 9.38. The van der Waals surface area contributed by atoms with Crippen LogP contribution in [0.5, 0.6) is 0 Å². The second-order valence-electron chi connectivity index (χ2n) is 4.04. The lowest BCUT2D eigenvalue weighted by molar-refractivity contribution is -0.138. The Labute approximate surface area is 127 Å². The summed E-state index contributed by atoms with van der Waals surface area (Å²) >= 11 is 7.07. The number of hydrogen-bond donors (Lipinski definition) is 1. The minimum absolute atomic E-state index is 0.369. The van der Waals surface area contributed by atoms with Gasteiger partial charge in [-0.25, -0.2) is 4.79 Å². The van der Waals surface area contributed by atoms with E-state index in [9.17, 15) is 18.0 Å². The number of hydrogen-bond acceptors (Lipinski definition) is 2. The van der Waals surface area contributed by atoms with Gasteiger partial charge in [0.2, 0.25) is 0 Å². The first-order valence-electron chi connectivity index (χ1n) is 5.66. The second-order valence-corrected chi connectivity index (χ2v) is 5.57. The van der Waals surface area contributed by atoms with E-state index >= 15 is 0 Å². The van der Waals surface area contributed by atoms with E-state index in [0.717, 1.165) is 23.9 Å². The lowest BCUT2D eigenvalue weighted by Crippen LogP contribution is -2.12. The highest BCUT2D eigenvalue weighted by Crippen LogP contribution is 2.37. The van der Waals surface area contributed by atoms with Gasteiger partial charge < -0.3 is 5.11 Å². The van der Waals surface area contributed by atoms with E-state index < -0.39 is 23.3 Å². The summed E-state index contributed by atoms with van der Waals surface area (Å²) in [5.41, 5.74) is -1.95. The van der Waals surface area contributed by atoms with Crippen molar-refractivity contribution in [3.8, 4) is 0 Å². The van der Waals surface area contributed by atoms with E-state index in [0.29, 0.717) is 14.8 Å². The highest BCUT2D eigenvalue weighted by atomic mass is 35.5. The first-order valence-corrected chi connectivity index (χ1v) is 6.85. The molecule has 0 heterocycles. The number of aromatic carboxylic acids is 1. The van der Waals surface area contributed by atoms with Gasteiger partial charge in [-0.2, -0.15) is 13.2 Å². The Bertz CT molecular complexity index is 686. The Balaban J connectivity index is 2.42. The summed E-state index contributed by atoms with van der Waals surface area (Å²) in [7, 11) is 0. The zero-order valence-corrected chi connectivity index (χ0v) is 11.9. The van der Waals surface area contributed by atoms with Crippen LogP contribution in [0.4, 0.5) is 13.2 Å². The number of rotatable bonds is 3. The normalized spacial score (nSPS) is 11.4. The minimum atomic E-state index is -4.71. The fourth-order valence-electron chi connectivity index (χ4n) is 1.67. The molecule has 0 bridgehead atoms. The maximum atomic E-state index is 12.7. The fraction of sp³-hybridized carbons (Fsp3) is 0.0714. The molecule has 1 N–H and O–H groups in total. The molecule has 7 heteroatoms. The van der Waals surface area contributed by atoms with Gasteiger partial charge in [0.05, 0.1) is 16.1 Å². The molecule has 0 spiro atoms. The Morgan fingerprint density at radius 2 is 1.81 bits per heavy atom. The first-order chi connectivity index (χ1) is 9.79.